The van der Waals surface area contributed by atoms with Gasteiger partial charge >= 0.3 is 0 Å². The quantitative estimate of drug-likeness (QED) is 0.795. The van der Waals surface area contributed by atoms with Crippen molar-refractivity contribution in [1.82, 2.24) is 10.2 Å². The summed E-state index contributed by atoms with van der Waals surface area (Å²) in [6.07, 6.45) is 3.14. The number of carbonyl (C=O) groups is 1. The van der Waals surface area contributed by atoms with Crippen molar-refractivity contribution in [1.29, 1.82) is 0 Å². The van der Waals surface area contributed by atoms with Gasteiger partial charge in [0, 0.05) is 31.1 Å². The third kappa shape index (κ3) is 3.78. The molecule has 0 saturated carbocycles. The van der Waals surface area contributed by atoms with Gasteiger partial charge in [0.1, 0.15) is 0 Å². The van der Waals surface area contributed by atoms with E-state index in [2.05, 4.69) is 26.1 Å². The summed E-state index contributed by atoms with van der Waals surface area (Å²) in [7, 11) is 0. The lowest BCUT2D eigenvalue weighted by Crippen LogP contribution is -2.47. The van der Waals surface area contributed by atoms with Crippen LogP contribution in [0.5, 0.6) is 0 Å². The molecule has 1 N–H and O–H groups in total. The van der Waals surface area contributed by atoms with Gasteiger partial charge in [-0.05, 0) is 19.3 Å². The number of nitrogens with one attached hydrogen (secondary N) is 1. The molecule has 0 aromatic heterocycles. The average Bonchev–Trinajstić information content (AvgIpc) is 2.27. The minimum Gasteiger partial charge on any atom is -0.342 e. The zero-order valence-electron chi connectivity index (χ0n) is 11.1. The molecule has 16 heavy (non-hydrogen) atoms. The van der Waals surface area contributed by atoms with Crippen molar-refractivity contribution in [2.24, 2.45) is 5.92 Å². The third-order valence-corrected chi connectivity index (χ3v) is 3.41. The molecule has 1 fully saturated rings. The number of carbonyl (C=O) groups excluding carboxylic acids is 1. The molecule has 1 saturated heterocycles. The predicted molar refractivity (Wildman–Crippen MR) is 67.3 cm³/mol. The number of piperidine rings is 1. The fourth-order valence-electron chi connectivity index (χ4n) is 2.22. The Hall–Kier alpha value is -0.570. The molecular weight excluding hydrogens is 200 g/mol. The summed E-state index contributed by atoms with van der Waals surface area (Å²) in [6, 6.07) is 1.14. The molecule has 1 aliphatic rings. The van der Waals surface area contributed by atoms with Crippen molar-refractivity contribution in [3.63, 3.8) is 0 Å². The van der Waals surface area contributed by atoms with Crippen LogP contribution in [0.2, 0.25) is 0 Å². The van der Waals surface area contributed by atoms with Crippen molar-refractivity contribution in [2.75, 3.05) is 13.1 Å². The SMILES string of the molecule is CCC(C)C(=O)N1CCC(NC(C)C)CC1. The van der Waals surface area contributed by atoms with Gasteiger partial charge in [0.25, 0.3) is 0 Å². The minimum atomic E-state index is 0.189. The molecule has 0 bridgehead atoms. The van der Waals surface area contributed by atoms with Gasteiger partial charge in [0.2, 0.25) is 5.91 Å². The topological polar surface area (TPSA) is 32.3 Å². The zero-order valence-corrected chi connectivity index (χ0v) is 11.1. The van der Waals surface area contributed by atoms with E-state index in [1.807, 2.05) is 11.8 Å². The van der Waals surface area contributed by atoms with Crippen LogP contribution in [0.4, 0.5) is 0 Å². The molecule has 94 valence electrons. The van der Waals surface area contributed by atoms with E-state index in [4.69, 9.17) is 0 Å². The fourth-order valence-corrected chi connectivity index (χ4v) is 2.22. The van der Waals surface area contributed by atoms with Crippen molar-refractivity contribution in [2.45, 2.75) is 59.0 Å². The summed E-state index contributed by atoms with van der Waals surface area (Å²) in [6.45, 7) is 10.3. The van der Waals surface area contributed by atoms with Crippen molar-refractivity contribution in [3.8, 4) is 0 Å². The smallest absolute Gasteiger partial charge is 0.225 e. The van der Waals surface area contributed by atoms with E-state index in [9.17, 15) is 4.79 Å². The highest BCUT2D eigenvalue weighted by molar-refractivity contribution is 5.78. The highest BCUT2D eigenvalue weighted by Crippen LogP contribution is 2.15. The van der Waals surface area contributed by atoms with Crippen molar-refractivity contribution in [3.05, 3.63) is 0 Å². The van der Waals surface area contributed by atoms with Gasteiger partial charge in [-0.15, -0.1) is 0 Å². The van der Waals surface area contributed by atoms with Gasteiger partial charge in [-0.25, -0.2) is 0 Å². The molecule has 1 rings (SSSR count). The second kappa shape index (κ2) is 6.24. The Labute approximate surface area is 99.6 Å². The lowest BCUT2D eigenvalue weighted by atomic mass is 10.0. The summed E-state index contributed by atoms with van der Waals surface area (Å²) in [5.74, 6) is 0.528. The second-order valence-corrected chi connectivity index (χ2v) is 5.23. The zero-order chi connectivity index (χ0) is 12.1. The number of likely N-dealkylation sites (tertiary alicyclic amines) is 1. The Kier molecular flexibility index (Phi) is 5.26. The Morgan fingerprint density at radius 3 is 2.31 bits per heavy atom. The highest BCUT2D eigenvalue weighted by Gasteiger charge is 2.25. The molecule has 0 aromatic carbocycles. The van der Waals surface area contributed by atoms with Crippen LogP contribution in [-0.2, 0) is 4.79 Å². The minimum absolute atomic E-state index is 0.189. The second-order valence-electron chi connectivity index (χ2n) is 5.23. The van der Waals surface area contributed by atoms with Gasteiger partial charge < -0.3 is 10.2 Å². The molecule has 1 amide bonds. The molecule has 0 aliphatic carbocycles. The van der Waals surface area contributed by atoms with E-state index >= 15 is 0 Å². The monoisotopic (exact) mass is 226 g/mol. The summed E-state index contributed by atoms with van der Waals surface area (Å²) in [4.78, 5) is 14.0. The number of rotatable bonds is 4. The van der Waals surface area contributed by atoms with E-state index in [1.165, 1.54) is 0 Å². The Balaban J connectivity index is 2.34. The average molecular weight is 226 g/mol. The van der Waals surface area contributed by atoms with E-state index in [-0.39, 0.29) is 5.92 Å². The third-order valence-electron chi connectivity index (χ3n) is 3.41. The van der Waals surface area contributed by atoms with Crippen LogP contribution < -0.4 is 5.32 Å². The Morgan fingerprint density at radius 1 is 1.31 bits per heavy atom. The van der Waals surface area contributed by atoms with E-state index in [1.54, 1.807) is 0 Å². The van der Waals surface area contributed by atoms with Gasteiger partial charge in [-0.1, -0.05) is 27.7 Å². The molecule has 3 heteroatoms. The van der Waals surface area contributed by atoms with Crippen LogP contribution in [0.15, 0.2) is 0 Å². The van der Waals surface area contributed by atoms with Crippen LogP contribution >= 0.6 is 0 Å². The van der Waals surface area contributed by atoms with Crippen LogP contribution in [-0.4, -0.2) is 36.0 Å². The van der Waals surface area contributed by atoms with E-state index < -0.39 is 0 Å². The first kappa shape index (κ1) is 13.5. The van der Waals surface area contributed by atoms with E-state index in [0.717, 1.165) is 32.4 Å². The van der Waals surface area contributed by atoms with Gasteiger partial charge in [-0.2, -0.15) is 0 Å². The number of hydrogen-bond donors (Lipinski definition) is 1. The standard InChI is InChI=1S/C13H26N2O/c1-5-11(4)13(16)15-8-6-12(7-9-15)14-10(2)3/h10-12,14H,5-9H2,1-4H3. The van der Waals surface area contributed by atoms with Crippen LogP contribution in [0, 0.1) is 5.92 Å². The maximum absolute atomic E-state index is 12.0. The van der Waals surface area contributed by atoms with Crippen LogP contribution in [0.1, 0.15) is 47.0 Å². The maximum Gasteiger partial charge on any atom is 0.225 e. The molecular formula is C13H26N2O. The summed E-state index contributed by atoms with van der Waals surface area (Å²) >= 11 is 0. The molecule has 1 aliphatic heterocycles. The lowest BCUT2D eigenvalue weighted by Gasteiger charge is -2.34. The normalized spacial score (nSPS) is 20.2. The number of hydrogen-bond acceptors (Lipinski definition) is 2. The molecule has 1 unspecified atom stereocenters. The van der Waals surface area contributed by atoms with Crippen LogP contribution in [0.3, 0.4) is 0 Å². The largest absolute Gasteiger partial charge is 0.342 e. The van der Waals surface area contributed by atoms with E-state index in [0.29, 0.717) is 18.0 Å². The summed E-state index contributed by atoms with van der Waals surface area (Å²) < 4.78 is 0. The number of nitrogens with zero attached hydrogens (tertiary/aromatic N) is 1. The Bertz CT molecular complexity index is 220. The first-order chi connectivity index (χ1) is 7.54. The molecule has 1 heterocycles. The molecule has 1 atom stereocenters. The van der Waals surface area contributed by atoms with Crippen molar-refractivity contribution < 1.29 is 4.79 Å². The lowest BCUT2D eigenvalue weighted by molar-refractivity contribution is -0.136. The van der Waals surface area contributed by atoms with Crippen LogP contribution in [0.25, 0.3) is 0 Å². The predicted octanol–water partition coefficient (Wildman–Crippen LogP) is 2.02. The van der Waals surface area contributed by atoms with Crippen molar-refractivity contribution >= 4 is 5.91 Å². The maximum atomic E-state index is 12.0. The first-order valence-electron chi connectivity index (χ1n) is 6.59. The number of amides is 1. The molecule has 3 nitrogen and oxygen atoms in total. The summed E-state index contributed by atoms with van der Waals surface area (Å²) in [5.41, 5.74) is 0. The molecule has 0 radical (unpaired) electrons. The fraction of sp³-hybridized carbons (Fsp3) is 0.923. The first-order valence-corrected chi connectivity index (χ1v) is 6.59. The van der Waals surface area contributed by atoms with Gasteiger partial charge in [-0.3, -0.25) is 4.79 Å². The molecule has 0 aromatic rings. The molecule has 0 spiro atoms. The highest BCUT2D eigenvalue weighted by atomic mass is 16.2. The van der Waals surface area contributed by atoms with Gasteiger partial charge in [0.15, 0.2) is 0 Å². The Morgan fingerprint density at radius 2 is 1.88 bits per heavy atom. The summed E-state index contributed by atoms with van der Waals surface area (Å²) in [5, 5.41) is 3.55. The van der Waals surface area contributed by atoms with Gasteiger partial charge in [0.05, 0.1) is 0 Å².